The zero-order valence-electron chi connectivity index (χ0n) is 17.5. The molecule has 0 spiro atoms. The maximum Gasteiger partial charge on any atom is 0.249 e. The molecule has 2 N–H and O–H groups in total. The van der Waals surface area contributed by atoms with Gasteiger partial charge in [0.15, 0.2) is 0 Å². The van der Waals surface area contributed by atoms with Gasteiger partial charge in [0.25, 0.3) is 0 Å². The lowest BCUT2D eigenvalue weighted by atomic mass is 10.0. The minimum absolute atomic E-state index is 0.0384. The number of nitrogens with zero attached hydrogens (tertiary/aromatic N) is 2. The van der Waals surface area contributed by atoms with E-state index < -0.39 is 6.04 Å². The largest absolute Gasteiger partial charge is 0.497 e. The van der Waals surface area contributed by atoms with Crippen molar-refractivity contribution in [2.75, 3.05) is 12.4 Å². The van der Waals surface area contributed by atoms with E-state index in [1.807, 2.05) is 38.1 Å². The van der Waals surface area contributed by atoms with E-state index in [1.165, 1.54) is 11.3 Å². The van der Waals surface area contributed by atoms with Crippen molar-refractivity contribution >= 4 is 28.3 Å². The number of methoxy groups -OCH3 is 1. The number of carbonyl (C=O) groups is 2. The summed E-state index contributed by atoms with van der Waals surface area (Å²) in [5.41, 5.74) is 0.893. The molecule has 1 atom stereocenters. The minimum atomic E-state index is -0.609. The first kappa shape index (κ1) is 22.8. The molecule has 29 heavy (non-hydrogen) atoms. The average Bonchev–Trinajstić information content (AvgIpc) is 3.17. The summed E-state index contributed by atoms with van der Waals surface area (Å²) < 4.78 is 5.16. The molecule has 8 heteroatoms. The third kappa shape index (κ3) is 7.12. The summed E-state index contributed by atoms with van der Waals surface area (Å²) in [5.74, 6) is 0.353. The first-order valence-electron chi connectivity index (χ1n) is 10.0. The van der Waals surface area contributed by atoms with Gasteiger partial charge in [-0.25, -0.2) is 0 Å². The monoisotopic (exact) mass is 418 g/mol. The number of ether oxygens (including phenoxy) is 1. The van der Waals surface area contributed by atoms with Crippen LogP contribution < -0.4 is 15.4 Å². The third-order valence-electron chi connectivity index (χ3n) is 4.52. The topological polar surface area (TPSA) is 93.2 Å². The zero-order chi connectivity index (χ0) is 21.2. The second-order valence-corrected chi connectivity index (χ2v) is 8.21. The first-order chi connectivity index (χ1) is 13.9. The Morgan fingerprint density at radius 1 is 1.10 bits per heavy atom. The summed E-state index contributed by atoms with van der Waals surface area (Å²) >= 11 is 1.29. The van der Waals surface area contributed by atoms with Crippen molar-refractivity contribution in [2.24, 2.45) is 5.92 Å². The summed E-state index contributed by atoms with van der Waals surface area (Å²) in [6.45, 7) is 5.95. The number of carbonyl (C=O) groups excluding carboxylic acids is 2. The van der Waals surface area contributed by atoms with Gasteiger partial charge in [-0.2, -0.15) is 0 Å². The molecule has 0 unspecified atom stereocenters. The van der Waals surface area contributed by atoms with E-state index in [9.17, 15) is 9.59 Å². The Morgan fingerprint density at radius 2 is 1.83 bits per heavy atom. The summed E-state index contributed by atoms with van der Waals surface area (Å²) in [6, 6.07) is 6.86. The first-order valence-corrected chi connectivity index (χ1v) is 10.8. The van der Waals surface area contributed by atoms with Gasteiger partial charge in [0.1, 0.15) is 16.8 Å². The van der Waals surface area contributed by atoms with Gasteiger partial charge >= 0.3 is 0 Å². The minimum Gasteiger partial charge on any atom is -0.497 e. The Balaban J connectivity index is 1.95. The van der Waals surface area contributed by atoms with Gasteiger partial charge < -0.3 is 10.1 Å². The van der Waals surface area contributed by atoms with Gasteiger partial charge in [0.05, 0.1) is 7.11 Å². The van der Waals surface area contributed by atoms with E-state index in [2.05, 4.69) is 27.8 Å². The predicted molar refractivity (Wildman–Crippen MR) is 116 cm³/mol. The van der Waals surface area contributed by atoms with Crippen molar-refractivity contribution in [1.29, 1.82) is 0 Å². The maximum absolute atomic E-state index is 12.7. The number of hydrogen-bond donors (Lipinski definition) is 2. The normalized spacial score (nSPS) is 11.9. The van der Waals surface area contributed by atoms with E-state index in [-0.39, 0.29) is 17.7 Å². The van der Waals surface area contributed by atoms with Crippen LogP contribution in [0.1, 0.15) is 52.9 Å². The number of aromatic nitrogens is 2. The molecule has 1 heterocycles. The number of benzene rings is 1. The van der Waals surface area contributed by atoms with E-state index >= 15 is 0 Å². The maximum atomic E-state index is 12.7. The van der Waals surface area contributed by atoms with E-state index in [0.717, 1.165) is 37.0 Å². The van der Waals surface area contributed by atoms with E-state index in [1.54, 1.807) is 7.11 Å². The van der Waals surface area contributed by atoms with Crippen LogP contribution in [0.5, 0.6) is 5.75 Å². The molecule has 0 saturated heterocycles. The molecule has 7 nitrogen and oxygen atoms in total. The summed E-state index contributed by atoms with van der Waals surface area (Å²) in [4.78, 5) is 24.9. The van der Waals surface area contributed by atoms with Crippen LogP contribution >= 0.6 is 11.3 Å². The molecule has 2 aromatic rings. The van der Waals surface area contributed by atoms with Crippen molar-refractivity contribution in [1.82, 2.24) is 15.5 Å². The lowest BCUT2D eigenvalue weighted by Crippen LogP contribution is -2.47. The van der Waals surface area contributed by atoms with Crippen molar-refractivity contribution in [2.45, 2.75) is 58.9 Å². The van der Waals surface area contributed by atoms with Gasteiger partial charge in [-0.3, -0.25) is 14.9 Å². The van der Waals surface area contributed by atoms with Crippen LogP contribution in [0.4, 0.5) is 5.13 Å². The van der Waals surface area contributed by atoms with Gasteiger partial charge in [-0.05, 0) is 36.6 Å². The predicted octanol–water partition coefficient (Wildman–Crippen LogP) is 4.26. The molecule has 0 aliphatic heterocycles. The van der Waals surface area contributed by atoms with Crippen LogP contribution in [-0.4, -0.2) is 35.2 Å². The molecule has 1 aromatic heterocycles. The Morgan fingerprint density at radius 3 is 2.45 bits per heavy atom. The molecule has 0 fully saturated rings. The van der Waals surface area contributed by atoms with Crippen LogP contribution in [-0.2, 0) is 9.59 Å². The van der Waals surface area contributed by atoms with Gasteiger partial charge in [-0.15, -0.1) is 10.2 Å². The highest BCUT2D eigenvalue weighted by Gasteiger charge is 2.25. The standard InChI is InChI=1S/C21H30N4O3S/c1-5-6-7-8-9-17(26)22-18(14(2)3)19(27)23-21-25-24-20(29-21)15-10-12-16(28-4)13-11-15/h10-14,18H,5-9H2,1-4H3,(H,22,26)(H,23,25,27)/t18-/m1/s1. The van der Waals surface area contributed by atoms with Crippen molar-refractivity contribution < 1.29 is 14.3 Å². The number of rotatable bonds is 11. The Labute approximate surface area is 176 Å². The van der Waals surface area contributed by atoms with Gasteiger partial charge in [-0.1, -0.05) is 51.4 Å². The Hall–Kier alpha value is -2.48. The Bertz CT molecular complexity index is 789. The fourth-order valence-electron chi connectivity index (χ4n) is 2.80. The van der Waals surface area contributed by atoms with E-state index in [0.29, 0.717) is 16.6 Å². The van der Waals surface area contributed by atoms with Gasteiger partial charge in [0, 0.05) is 12.0 Å². The Kier molecular flexibility index (Phi) is 9.05. The third-order valence-corrected chi connectivity index (χ3v) is 5.40. The number of amides is 2. The molecule has 0 aliphatic carbocycles. The quantitative estimate of drug-likeness (QED) is 0.532. The fraction of sp³-hybridized carbons (Fsp3) is 0.524. The lowest BCUT2D eigenvalue weighted by molar-refractivity contribution is -0.127. The van der Waals surface area contributed by atoms with Crippen LogP contribution in [0, 0.1) is 5.92 Å². The second-order valence-electron chi connectivity index (χ2n) is 7.23. The molecule has 2 rings (SSSR count). The summed E-state index contributed by atoms with van der Waals surface area (Å²) in [7, 11) is 1.61. The summed E-state index contributed by atoms with van der Waals surface area (Å²) in [5, 5.41) is 14.9. The number of hydrogen-bond acceptors (Lipinski definition) is 6. The molecule has 2 amide bonds. The second kappa shape index (κ2) is 11.5. The molecule has 0 saturated carbocycles. The van der Waals surface area contributed by atoms with Gasteiger partial charge in [0.2, 0.25) is 16.9 Å². The smallest absolute Gasteiger partial charge is 0.249 e. The number of anilines is 1. The lowest BCUT2D eigenvalue weighted by Gasteiger charge is -2.21. The highest BCUT2D eigenvalue weighted by molar-refractivity contribution is 7.18. The molecule has 158 valence electrons. The van der Waals surface area contributed by atoms with Crippen molar-refractivity contribution in [3.8, 4) is 16.3 Å². The van der Waals surface area contributed by atoms with Crippen LogP contribution in [0.2, 0.25) is 0 Å². The SMILES string of the molecule is CCCCCCC(=O)N[C@@H](C(=O)Nc1nnc(-c2ccc(OC)cc2)s1)C(C)C. The van der Waals surface area contributed by atoms with E-state index in [4.69, 9.17) is 4.74 Å². The highest BCUT2D eigenvalue weighted by atomic mass is 32.1. The summed E-state index contributed by atoms with van der Waals surface area (Å²) in [6.07, 6.45) is 4.56. The zero-order valence-corrected chi connectivity index (χ0v) is 18.3. The molecule has 1 aromatic carbocycles. The molecular weight excluding hydrogens is 388 g/mol. The highest BCUT2D eigenvalue weighted by Crippen LogP contribution is 2.28. The molecule has 0 aliphatic rings. The van der Waals surface area contributed by atoms with Crippen LogP contribution in [0.25, 0.3) is 10.6 Å². The fourth-order valence-corrected chi connectivity index (χ4v) is 3.55. The van der Waals surface area contributed by atoms with Crippen LogP contribution in [0.3, 0.4) is 0 Å². The average molecular weight is 419 g/mol. The number of unbranched alkanes of at least 4 members (excludes halogenated alkanes) is 3. The van der Waals surface area contributed by atoms with Crippen LogP contribution in [0.15, 0.2) is 24.3 Å². The van der Waals surface area contributed by atoms with Crippen molar-refractivity contribution in [3.05, 3.63) is 24.3 Å². The molecular formula is C21H30N4O3S. The van der Waals surface area contributed by atoms with Crippen molar-refractivity contribution in [3.63, 3.8) is 0 Å². The number of nitrogens with one attached hydrogen (secondary N) is 2. The molecule has 0 bridgehead atoms. The molecule has 0 radical (unpaired) electrons.